The van der Waals surface area contributed by atoms with E-state index in [1.54, 1.807) is 19.9 Å². The molecule has 0 aliphatic rings. The third kappa shape index (κ3) is 4.04. The number of aryl methyl sites for hydroxylation is 1. The standard InChI is InChI=1S/C12H15NO5/c1-3-17-12(14)6-7-18-11-5-4-9(2)8-10(11)13(15)16/h4-5,8H,3,6-7H2,1-2H3. The van der Waals surface area contributed by atoms with Crippen LogP contribution in [0.15, 0.2) is 18.2 Å². The molecule has 0 spiro atoms. The molecule has 0 radical (unpaired) electrons. The molecule has 0 amide bonds. The van der Waals surface area contributed by atoms with Gasteiger partial charge in [0.2, 0.25) is 0 Å². The Morgan fingerprint density at radius 1 is 1.44 bits per heavy atom. The molecule has 1 aromatic rings. The first-order valence-electron chi connectivity index (χ1n) is 5.58. The Kier molecular flexibility index (Phi) is 5.10. The number of carbonyl (C=O) groups is 1. The van der Waals surface area contributed by atoms with Gasteiger partial charge in [-0.25, -0.2) is 0 Å². The highest BCUT2D eigenvalue weighted by atomic mass is 16.6. The maximum absolute atomic E-state index is 11.1. The lowest BCUT2D eigenvalue weighted by Gasteiger charge is -2.07. The van der Waals surface area contributed by atoms with Gasteiger partial charge in [-0.2, -0.15) is 0 Å². The van der Waals surface area contributed by atoms with Gasteiger partial charge in [-0.3, -0.25) is 14.9 Å². The molecule has 0 aliphatic heterocycles. The van der Waals surface area contributed by atoms with Gasteiger partial charge in [-0.1, -0.05) is 6.07 Å². The zero-order chi connectivity index (χ0) is 13.5. The molecule has 1 aromatic carbocycles. The van der Waals surface area contributed by atoms with E-state index in [4.69, 9.17) is 9.47 Å². The third-order valence-corrected chi connectivity index (χ3v) is 2.18. The monoisotopic (exact) mass is 253 g/mol. The molecule has 0 heterocycles. The van der Waals surface area contributed by atoms with Crippen LogP contribution in [0.5, 0.6) is 5.75 Å². The Morgan fingerprint density at radius 3 is 2.78 bits per heavy atom. The number of hydrogen-bond acceptors (Lipinski definition) is 5. The van der Waals surface area contributed by atoms with E-state index in [-0.39, 0.29) is 30.4 Å². The fourth-order valence-corrected chi connectivity index (χ4v) is 1.37. The van der Waals surface area contributed by atoms with Crippen molar-refractivity contribution in [3.63, 3.8) is 0 Å². The number of rotatable bonds is 6. The minimum Gasteiger partial charge on any atom is -0.486 e. The van der Waals surface area contributed by atoms with Crippen LogP contribution in [-0.4, -0.2) is 24.1 Å². The summed E-state index contributed by atoms with van der Waals surface area (Å²) in [6.07, 6.45) is 0.0683. The van der Waals surface area contributed by atoms with Crippen LogP contribution in [0.3, 0.4) is 0 Å². The predicted octanol–water partition coefficient (Wildman–Crippen LogP) is 2.24. The predicted molar refractivity (Wildman–Crippen MR) is 64.6 cm³/mol. The number of ether oxygens (including phenoxy) is 2. The number of benzene rings is 1. The maximum Gasteiger partial charge on any atom is 0.311 e. The van der Waals surface area contributed by atoms with Gasteiger partial charge in [0.25, 0.3) is 0 Å². The molecule has 0 atom stereocenters. The average molecular weight is 253 g/mol. The lowest BCUT2D eigenvalue weighted by molar-refractivity contribution is -0.385. The van der Waals surface area contributed by atoms with E-state index in [1.807, 2.05) is 0 Å². The van der Waals surface area contributed by atoms with Crippen molar-refractivity contribution in [3.05, 3.63) is 33.9 Å². The van der Waals surface area contributed by atoms with E-state index in [1.165, 1.54) is 12.1 Å². The Balaban J connectivity index is 2.62. The second kappa shape index (κ2) is 6.58. The van der Waals surface area contributed by atoms with Crippen LogP contribution >= 0.6 is 0 Å². The second-order valence-corrected chi connectivity index (χ2v) is 3.63. The fourth-order valence-electron chi connectivity index (χ4n) is 1.37. The highest BCUT2D eigenvalue weighted by Gasteiger charge is 2.15. The van der Waals surface area contributed by atoms with E-state index >= 15 is 0 Å². The molecule has 6 nitrogen and oxygen atoms in total. The molecule has 0 saturated heterocycles. The molecule has 0 N–H and O–H groups in total. The molecule has 1 rings (SSSR count). The van der Waals surface area contributed by atoms with Crippen molar-refractivity contribution in [1.29, 1.82) is 0 Å². The lowest BCUT2D eigenvalue weighted by Crippen LogP contribution is -2.10. The van der Waals surface area contributed by atoms with Gasteiger partial charge >= 0.3 is 11.7 Å². The molecule has 0 aromatic heterocycles. The van der Waals surface area contributed by atoms with Crippen molar-refractivity contribution in [2.75, 3.05) is 13.2 Å². The van der Waals surface area contributed by atoms with Crippen LogP contribution in [-0.2, 0) is 9.53 Å². The largest absolute Gasteiger partial charge is 0.486 e. The van der Waals surface area contributed by atoms with E-state index in [0.29, 0.717) is 6.61 Å². The van der Waals surface area contributed by atoms with Gasteiger partial charge in [-0.05, 0) is 25.5 Å². The average Bonchev–Trinajstić information content (AvgIpc) is 2.31. The normalized spacial score (nSPS) is 9.89. The minimum absolute atomic E-state index is 0.0583. The van der Waals surface area contributed by atoms with Gasteiger partial charge in [0.15, 0.2) is 5.75 Å². The summed E-state index contributed by atoms with van der Waals surface area (Å²) in [5.74, 6) is -0.220. The molecule has 0 saturated carbocycles. The van der Waals surface area contributed by atoms with Crippen molar-refractivity contribution in [1.82, 2.24) is 0 Å². The smallest absolute Gasteiger partial charge is 0.311 e. The number of carbonyl (C=O) groups excluding carboxylic acids is 1. The molecule has 0 bridgehead atoms. The van der Waals surface area contributed by atoms with Gasteiger partial charge in [0.05, 0.1) is 24.6 Å². The van der Waals surface area contributed by atoms with Crippen molar-refractivity contribution in [2.24, 2.45) is 0 Å². The molecular formula is C12H15NO5. The number of esters is 1. The van der Waals surface area contributed by atoms with Crippen LogP contribution in [0.2, 0.25) is 0 Å². The van der Waals surface area contributed by atoms with E-state index in [0.717, 1.165) is 5.56 Å². The number of nitro benzene ring substituents is 1. The zero-order valence-corrected chi connectivity index (χ0v) is 10.3. The highest BCUT2D eigenvalue weighted by molar-refractivity contribution is 5.69. The Morgan fingerprint density at radius 2 is 2.17 bits per heavy atom. The van der Waals surface area contributed by atoms with Gasteiger partial charge < -0.3 is 9.47 Å². The quantitative estimate of drug-likeness (QED) is 0.441. The van der Waals surface area contributed by atoms with Crippen molar-refractivity contribution < 1.29 is 19.2 Å². The van der Waals surface area contributed by atoms with Crippen LogP contribution in [0.4, 0.5) is 5.69 Å². The topological polar surface area (TPSA) is 78.7 Å². The summed E-state index contributed by atoms with van der Waals surface area (Å²) >= 11 is 0. The van der Waals surface area contributed by atoms with Gasteiger partial charge in [0, 0.05) is 6.07 Å². The van der Waals surface area contributed by atoms with Gasteiger partial charge in [-0.15, -0.1) is 0 Å². The zero-order valence-electron chi connectivity index (χ0n) is 10.3. The van der Waals surface area contributed by atoms with Crippen LogP contribution in [0.25, 0.3) is 0 Å². The summed E-state index contributed by atoms with van der Waals surface area (Å²) in [4.78, 5) is 21.4. The van der Waals surface area contributed by atoms with Gasteiger partial charge in [0.1, 0.15) is 0 Å². The minimum atomic E-state index is -0.507. The SMILES string of the molecule is CCOC(=O)CCOc1ccc(C)cc1[N+](=O)[O-]. The summed E-state index contributed by atoms with van der Waals surface area (Å²) in [5.41, 5.74) is 0.679. The molecule has 98 valence electrons. The molecule has 0 aliphatic carbocycles. The first kappa shape index (κ1) is 14.0. The molecule has 6 heteroatoms. The summed E-state index contributed by atoms with van der Waals surface area (Å²) < 4.78 is 9.95. The van der Waals surface area contributed by atoms with Crippen LogP contribution in [0, 0.1) is 17.0 Å². The fraction of sp³-hybridized carbons (Fsp3) is 0.417. The Labute approximate surface area is 105 Å². The molecular weight excluding hydrogens is 238 g/mol. The van der Waals surface area contributed by atoms with E-state index in [2.05, 4.69) is 0 Å². The molecule has 0 fully saturated rings. The number of hydrogen-bond donors (Lipinski definition) is 0. The highest BCUT2D eigenvalue weighted by Crippen LogP contribution is 2.27. The summed E-state index contributed by atoms with van der Waals surface area (Å²) in [5, 5.41) is 10.8. The molecule has 18 heavy (non-hydrogen) atoms. The molecule has 0 unspecified atom stereocenters. The first-order valence-corrected chi connectivity index (χ1v) is 5.58. The van der Waals surface area contributed by atoms with Crippen molar-refractivity contribution in [2.45, 2.75) is 20.3 Å². The lowest BCUT2D eigenvalue weighted by atomic mass is 10.2. The number of nitrogens with zero attached hydrogens (tertiary/aromatic N) is 1. The summed E-state index contributed by atoms with van der Waals surface area (Å²) in [6, 6.07) is 4.67. The summed E-state index contributed by atoms with van der Waals surface area (Å²) in [7, 11) is 0. The van der Waals surface area contributed by atoms with E-state index in [9.17, 15) is 14.9 Å². The van der Waals surface area contributed by atoms with Crippen LogP contribution in [0.1, 0.15) is 18.9 Å². The number of nitro groups is 1. The van der Waals surface area contributed by atoms with Crippen molar-refractivity contribution >= 4 is 11.7 Å². The van der Waals surface area contributed by atoms with Crippen molar-refractivity contribution in [3.8, 4) is 5.75 Å². The van der Waals surface area contributed by atoms with Crippen LogP contribution < -0.4 is 4.74 Å². The maximum atomic E-state index is 11.1. The third-order valence-electron chi connectivity index (χ3n) is 2.18. The Bertz CT molecular complexity index is 444. The van der Waals surface area contributed by atoms with E-state index < -0.39 is 4.92 Å². The summed E-state index contributed by atoms with van der Waals surface area (Å²) in [6.45, 7) is 3.84. The second-order valence-electron chi connectivity index (χ2n) is 3.63. The first-order chi connectivity index (χ1) is 8.54. The Hall–Kier alpha value is -2.11.